The summed E-state index contributed by atoms with van der Waals surface area (Å²) in [6.07, 6.45) is 0. The topological polar surface area (TPSA) is 98.1 Å². The number of hydrogen-bond acceptors (Lipinski definition) is 9. The van der Waals surface area contributed by atoms with Crippen LogP contribution in [0.4, 0.5) is 0 Å². The monoisotopic (exact) mass is 474 g/mol. The maximum Gasteiger partial charge on any atom is 0.319 e. The third-order valence-electron chi connectivity index (χ3n) is 4.85. The molecule has 0 fully saturated rings. The highest BCUT2D eigenvalue weighted by molar-refractivity contribution is 8.00. The third-order valence-corrected chi connectivity index (χ3v) is 5.88. The van der Waals surface area contributed by atoms with Crippen molar-refractivity contribution in [3.05, 3.63) is 40.7 Å². The van der Waals surface area contributed by atoms with Gasteiger partial charge in [-0.2, -0.15) is 0 Å². The van der Waals surface area contributed by atoms with E-state index in [0.717, 1.165) is 11.8 Å². The molecule has 10 heteroatoms. The first kappa shape index (κ1) is 24.2. The third kappa shape index (κ3) is 4.70. The molecule has 3 aromatic rings. The molecule has 2 aromatic carbocycles. The Morgan fingerprint density at radius 3 is 2.39 bits per heavy atom. The average Bonchev–Trinajstić information content (AvgIpc) is 2.83. The van der Waals surface area contributed by atoms with E-state index in [9.17, 15) is 9.59 Å². The van der Waals surface area contributed by atoms with Crippen LogP contribution in [0.3, 0.4) is 0 Å². The summed E-state index contributed by atoms with van der Waals surface area (Å²) in [4.78, 5) is 30.8. The van der Waals surface area contributed by atoms with Gasteiger partial charge in [0.1, 0.15) is 16.5 Å². The van der Waals surface area contributed by atoms with Crippen LogP contribution in [0.5, 0.6) is 23.0 Å². The van der Waals surface area contributed by atoms with Crippen molar-refractivity contribution in [3.8, 4) is 28.7 Å². The molecule has 0 bridgehead atoms. The lowest BCUT2D eigenvalue weighted by atomic mass is 10.2. The van der Waals surface area contributed by atoms with E-state index in [1.807, 2.05) is 0 Å². The zero-order chi connectivity index (χ0) is 24.1. The molecule has 0 saturated carbocycles. The van der Waals surface area contributed by atoms with E-state index in [-0.39, 0.29) is 34.0 Å². The lowest BCUT2D eigenvalue weighted by Gasteiger charge is -2.19. The number of esters is 1. The van der Waals surface area contributed by atoms with Crippen molar-refractivity contribution >= 4 is 28.6 Å². The highest BCUT2D eigenvalue weighted by atomic mass is 32.2. The summed E-state index contributed by atoms with van der Waals surface area (Å²) < 4.78 is 28.3. The molecule has 1 atom stereocenters. The van der Waals surface area contributed by atoms with Gasteiger partial charge in [-0.3, -0.25) is 14.2 Å². The zero-order valence-corrected chi connectivity index (χ0v) is 20.1. The van der Waals surface area contributed by atoms with Crippen molar-refractivity contribution in [3.63, 3.8) is 0 Å². The molecular weight excluding hydrogens is 448 g/mol. The molecule has 33 heavy (non-hydrogen) atoms. The summed E-state index contributed by atoms with van der Waals surface area (Å²) >= 11 is 1.11. The predicted octanol–water partition coefficient (Wildman–Crippen LogP) is 3.46. The molecule has 3 rings (SSSR count). The van der Waals surface area contributed by atoms with Crippen LogP contribution in [0.25, 0.3) is 16.6 Å². The Labute approximate surface area is 195 Å². The summed E-state index contributed by atoms with van der Waals surface area (Å²) in [5.41, 5.74) is 0.449. The fraction of sp³-hybridized carbons (Fsp3) is 0.348. The van der Waals surface area contributed by atoms with Crippen LogP contribution in [0.2, 0.25) is 0 Å². The second kappa shape index (κ2) is 10.5. The molecule has 0 amide bonds. The van der Waals surface area contributed by atoms with Crippen molar-refractivity contribution in [2.24, 2.45) is 0 Å². The zero-order valence-electron chi connectivity index (χ0n) is 19.3. The minimum Gasteiger partial charge on any atom is -0.497 e. The maximum absolute atomic E-state index is 13.8. The molecule has 9 nitrogen and oxygen atoms in total. The molecule has 0 spiro atoms. The first-order valence-corrected chi connectivity index (χ1v) is 11.0. The van der Waals surface area contributed by atoms with Gasteiger partial charge in [0, 0.05) is 6.07 Å². The van der Waals surface area contributed by atoms with Gasteiger partial charge in [0.2, 0.25) is 5.75 Å². The number of nitrogens with zero attached hydrogens (tertiary/aromatic N) is 2. The van der Waals surface area contributed by atoms with Crippen LogP contribution < -0.4 is 24.5 Å². The van der Waals surface area contributed by atoms with E-state index < -0.39 is 11.2 Å². The quantitative estimate of drug-likeness (QED) is 0.262. The van der Waals surface area contributed by atoms with Crippen LogP contribution in [-0.4, -0.2) is 55.8 Å². The second-order valence-corrected chi connectivity index (χ2v) is 8.10. The number of carbonyl (C=O) groups is 1. The highest BCUT2D eigenvalue weighted by Gasteiger charge is 2.25. The SMILES string of the molecule is CCOC(=O)[C@@H](C)Sc1nc2c(OC)c(OC)c(OC)cc2c(=O)n1-c1cccc(OC)c1. The minimum atomic E-state index is -0.614. The molecule has 1 aromatic heterocycles. The second-order valence-electron chi connectivity index (χ2n) is 6.79. The van der Waals surface area contributed by atoms with Gasteiger partial charge in [-0.25, -0.2) is 4.98 Å². The normalized spacial score (nSPS) is 11.7. The summed E-state index contributed by atoms with van der Waals surface area (Å²) in [7, 11) is 5.95. The van der Waals surface area contributed by atoms with Crippen LogP contribution >= 0.6 is 11.8 Å². The van der Waals surface area contributed by atoms with E-state index in [4.69, 9.17) is 28.7 Å². The molecule has 0 aliphatic heterocycles. The molecule has 0 aliphatic rings. The van der Waals surface area contributed by atoms with Crippen LogP contribution in [0.1, 0.15) is 13.8 Å². The summed E-state index contributed by atoms with van der Waals surface area (Å²) in [6.45, 7) is 3.68. The fourth-order valence-electron chi connectivity index (χ4n) is 3.29. The first-order chi connectivity index (χ1) is 15.9. The number of fused-ring (bicyclic) bond motifs is 1. The van der Waals surface area contributed by atoms with Crippen molar-refractivity contribution in [2.75, 3.05) is 35.0 Å². The fourth-order valence-corrected chi connectivity index (χ4v) is 4.21. The number of aromatic nitrogens is 2. The summed E-state index contributed by atoms with van der Waals surface area (Å²) in [5.74, 6) is 1.06. The van der Waals surface area contributed by atoms with Gasteiger partial charge in [-0.15, -0.1) is 0 Å². The van der Waals surface area contributed by atoms with E-state index >= 15 is 0 Å². The van der Waals surface area contributed by atoms with Gasteiger partial charge in [-0.05, 0) is 32.0 Å². The number of hydrogen-bond donors (Lipinski definition) is 0. The molecule has 0 saturated heterocycles. The van der Waals surface area contributed by atoms with Gasteiger partial charge in [0.25, 0.3) is 5.56 Å². The Morgan fingerprint density at radius 2 is 1.79 bits per heavy atom. The molecule has 0 N–H and O–H groups in total. The van der Waals surface area contributed by atoms with Crippen molar-refractivity contribution < 1.29 is 28.5 Å². The van der Waals surface area contributed by atoms with Crippen LogP contribution in [0.15, 0.2) is 40.3 Å². The largest absolute Gasteiger partial charge is 0.497 e. The molecule has 0 radical (unpaired) electrons. The lowest BCUT2D eigenvalue weighted by molar-refractivity contribution is -0.142. The number of ether oxygens (including phenoxy) is 5. The van der Waals surface area contributed by atoms with E-state index in [1.54, 1.807) is 51.3 Å². The molecule has 1 heterocycles. The lowest BCUT2D eigenvalue weighted by Crippen LogP contribution is -2.24. The number of carbonyl (C=O) groups excluding carboxylic acids is 1. The summed E-state index contributed by atoms with van der Waals surface area (Å²) in [6, 6.07) is 8.57. The van der Waals surface area contributed by atoms with E-state index in [2.05, 4.69) is 0 Å². The Hall–Kier alpha value is -3.40. The molecular formula is C23H26N2O7S. The Kier molecular flexibility index (Phi) is 7.70. The Balaban J connectivity index is 2.36. The van der Waals surface area contributed by atoms with Crippen molar-refractivity contribution in [1.82, 2.24) is 9.55 Å². The maximum atomic E-state index is 13.8. The average molecular weight is 475 g/mol. The predicted molar refractivity (Wildman–Crippen MR) is 126 cm³/mol. The Morgan fingerprint density at radius 1 is 1.06 bits per heavy atom. The number of benzene rings is 2. The van der Waals surface area contributed by atoms with Gasteiger partial charge in [0.05, 0.1) is 46.1 Å². The van der Waals surface area contributed by atoms with Crippen LogP contribution in [0, 0.1) is 0 Å². The number of thioether (sulfide) groups is 1. The Bertz CT molecular complexity index is 1230. The van der Waals surface area contributed by atoms with Gasteiger partial charge in [0.15, 0.2) is 16.7 Å². The van der Waals surface area contributed by atoms with Gasteiger partial charge >= 0.3 is 5.97 Å². The highest BCUT2D eigenvalue weighted by Crippen LogP contribution is 2.42. The smallest absolute Gasteiger partial charge is 0.319 e. The van der Waals surface area contributed by atoms with Gasteiger partial charge in [-0.1, -0.05) is 17.8 Å². The number of rotatable bonds is 9. The summed E-state index contributed by atoms with van der Waals surface area (Å²) in [5, 5.41) is -0.0652. The first-order valence-electron chi connectivity index (χ1n) is 10.1. The van der Waals surface area contributed by atoms with Crippen molar-refractivity contribution in [2.45, 2.75) is 24.3 Å². The van der Waals surface area contributed by atoms with E-state index in [0.29, 0.717) is 22.9 Å². The van der Waals surface area contributed by atoms with Crippen LogP contribution in [-0.2, 0) is 9.53 Å². The molecule has 0 unspecified atom stereocenters. The molecule has 176 valence electrons. The number of methoxy groups -OCH3 is 4. The molecule has 0 aliphatic carbocycles. The van der Waals surface area contributed by atoms with Gasteiger partial charge < -0.3 is 23.7 Å². The van der Waals surface area contributed by atoms with Crippen molar-refractivity contribution in [1.29, 1.82) is 0 Å². The van der Waals surface area contributed by atoms with E-state index in [1.165, 1.54) is 25.9 Å². The minimum absolute atomic E-state index is 0.252. The standard InChI is InChI=1S/C23H26N2O7S/c1-7-32-22(27)13(2)33-23-24-18-16(12-17(29-4)19(30-5)20(18)31-6)21(26)25(23)14-9-8-10-15(11-14)28-3/h8-13H,7H2,1-6H3/t13-/m1/s1.